The summed E-state index contributed by atoms with van der Waals surface area (Å²) in [5.41, 5.74) is 11.0. The molecule has 0 bridgehead atoms. The van der Waals surface area contributed by atoms with Crippen molar-refractivity contribution in [1.82, 2.24) is 16.0 Å². The average molecular weight is 508 g/mol. The maximum atomic E-state index is 12.8. The zero-order valence-corrected chi connectivity index (χ0v) is 19.6. The number of nitrogens with two attached hydrogens (primary N) is 2. The van der Waals surface area contributed by atoms with Crippen LogP contribution >= 0.6 is 11.8 Å². The number of carbonyl (C=O) groups excluding carboxylic acids is 3. The molecule has 3 amide bonds. The second-order valence-corrected chi connectivity index (χ2v) is 8.38. The fourth-order valence-electron chi connectivity index (χ4n) is 2.74. The summed E-state index contributed by atoms with van der Waals surface area (Å²) in [6, 6.07) is -5.60. The molecule has 15 heteroatoms. The van der Waals surface area contributed by atoms with Crippen LogP contribution in [0.15, 0.2) is 0 Å². The Morgan fingerprint density at radius 2 is 1.29 bits per heavy atom. The predicted molar refractivity (Wildman–Crippen MR) is 122 cm³/mol. The summed E-state index contributed by atoms with van der Waals surface area (Å²) in [5, 5.41) is 33.9. The van der Waals surface area contributed by atoms with Crippen molar-refractivity contribution in [3.05, 3.63) is 0 Å². The van der Waals surface area contributed by atoms with Gasteiger partial charge in [0.15, 0.2) is 0 Å². The van der Waals surface area contributed by atoms with Crippen molar-refractivity contribution in [2.24, 2.45) is 11.5 Å². The molecule has 194 valence electrons. The lowest BCUT2D eigenvalue weighted by molar-refractivity contribution is -0.143. The molecule has 0 spiro atoms. The lowest BCUT2D eigenvalue weighted by Crippen LogP contribution is -2.57. The Morgan fingerprint density at radius 1 is 0.765 bits per heavy atom. The van der Waals surface area contributed by atoms with Crippen molar-refractivity contribution in [1.29, 1.82) is 0 Å². The van der Waals surface area contributed by atoms with Gasteiger partial charge in [0.25, 0.3) is 0 Å². The average Bonchev–Trinajstić information content (AvgIpc) is 2.74. The number of nitrogens with one attached hydrogen (secondary N) is 3. The van der Waals surface area contributed by atoms with E-state index in [1.165, 1.54) is 11.8 Å². The van der Waals surface area contributed by atoms with Gasteiger partial charge < -0.3 is 42.7 Å². The SMILES string of the molecule is CSCCC(NC(=O)C(CC(=O)O)NC(=O)C(CCCCN)NC(=O)C(N)CC(=O)O)C(=O)O. The largest absolute Gasteiger partial charge is 0.481 e. The van der Waals surface area contributed by atoms with E-state index in [1.807, 2.05) is 0 Å². The fourth-order valence-corrected chi connectivity index (χ4v) is 3.21. The van der Waals surface area contributed by atoms with Crippen LogP contribution in [0.5, 0.6) is 0 Å². The first-order chi connectivity index (χ1) is 15.9. The van der Waals surface area contributed by atoms with E-state index in [0.29, 0.717) is 25.1 Å². The number of hydrogen-bond acceptors (Lipinski definition) is 9. The molecule has 10 N–H and O–H groups in total. The summed E-state index contributed by atoms with van der Waals surface area (Å²) in [6.45, 7) is 0.303. The highest BCUT2D eigenvalue weighted by Gasteiger charge is 2.31. The van der Waals surface area contributed by atoms with Crippen molar-refractivity contribution in [2.75, 3.05) is 18.6 Å². The van der Waals surface area contributed by atoms with Gasteiger partial charge in [-0.15, -0.1) is 0 Å². The molecule has 0 saturated carbocycles. The van der Waals surface area contributed by atoms with E-state index in [4.69, 9.17) is 21.7 Å². The first-order valence-corrected chi connectivity index (χ1v) is 11.8. The highest BCUT2D eigenvalue weighted by atomic mass is 32.2. The second-order valence-electron chi connectivity index (χ2n) is 7.39. The Balaban J connectivity index is 5.50. The monoisotopic (exact) mass is 507 g/mol. The number of carbonyl (C=O) groups is 6. The van der Waals surface area contributed by atoms with Crippen molar-refractivity contribution in [3.63, 3.8) is 0 Å². The predicted octanol–water partition coefficient (Wildman–Crippen LogP) is -2.32. The van der Waals surface area contributed by atoms with Crippen molar-refractivity contribution >= 4 is 47.4 Å². The van der Waals surface area contributed by atoms with Gasteiger partial charge in [0.1, 0.15) is 18.1 Å². The molecule has 0 rings (SSSR count). The molecule has 34 heavy (non-hydrogen) atoms. The van der Waals surface area contributed by atoms with E-state index in [2.05, 4.69) is 16.0 Å². The standard InChI is InChI=1S/C19H33N5O9S/c1-34-7-5-12(19(32)33)23-18(31)13(9-15(27)28)24-17(30)11(4-2-3-6-20)22-16(29)10(21)8-14(25)26/h10-13H,2-9,20-21H2,1H3,(H,22,29)(H,23,31)(H,24,30)(H,25,26)(H,27,28)(H,32,33). The van der Waals surface area contributed by atoms with Gasteiger partial charge in [-0.3, -0.25) is 24.0 Å². The van der Waals surface area contributed by atoms with Crippen LogP contribution in [0.4, 0.5) is 0 Å². The topological polar surface area (TPSA) is 251 Å². The number of thioether (sulfide) groups is 1. The molecule has 4 unspecified atom stereocenters. The minimum Gasteiger partial charge on any atom is -0.481 e. The van der Waals surface area contributed by atoms with Gasteiger partial charge in [0.2, 0.25) is 17.7 Å². The number of carboxylic acids is 3. The minimum absolute atomic E-state index is 0.0570. The van der Waals surface area contributed by atoms with Crippen LogP contribution in [0.2, 0.25) is 0 Å². The lowest BCUT2D eigenvalue weighted by Gasteiger charge is -2.24. The van der Waals surface area contributed by atoms with Crippen LogP contribution in [0.25, 0.3) is 0 Å². The maximum absolute atomic E-state index is 12.8. The Bertz CT molecular complexity index is 737. The summed E-state index contributed by atoms with van der Waals surface area (Å²) in [5.74, 6) is -6.49. The summed E-state index contributed by atoms with van der Waals surface area (Å²) < 4.78 is 0. The molecule has 0 aromatic heterocycles. The first kappa shape index (κ1) is 31.1. The third-order valence-electron chi connectivity index (χ3n) is 4.55. The number of unbranched alkanes of at least 4 members (excludes halogenated alkanes) is 1. The number of amides is 3. The Morgan fingerprint density at radius 3 is 1.79 bits per heavy atom. The third kappa shape index (κ3) is 13.0. The molecule has 0 saturated heterocycles. The summed E-state index contributed by atoms with van der Waals surface area (Å²) in [7, 11) is 0. The van der Waals surface area contributed by atoms with Crippen LogP contribution in [0.1, 0.15) is 38.5 Å². The van der Waals surface area contributed by atoms with E-state index < -0.39 is 72.6 Å². The number of carboxylic acid groups (broad SMARTS) is 3. The van der Waals surface area contributed by atoms with E-state index in [-0.39, 0.29) is 12.8 Å². The van der Waals surface area contributed by atoms with Gasteiger partial charge >= 0.3 is 17.9 Å². The van der Waals surface area contributed by atoms with Gasteiger partial charge in [-0.25, -0.2) is 4.79 Å². The third-order valence-corrected chi connectivity index (χ3v) is 5.19. The van der Waals surface area contributed by atoms with Crippen LogP contribution in [0.3, 0.4) is 0 Å². The molecule has 0 aliphatic carbocycles. The van der Waals surface area contributed by atoms with Crippen molar-refractivity contribution < 1.29 is 44.1 Å². The summed E-state index contributed by atoms with van der Waals surface area (Å²) >= 11 is 1.35. The molecule has 0 aliphatic rings. The van der Waals surface area contributed by atoms with Crippen molar-refractivity contribution in [2.45, 2.75) is 62.7 Å². The quantitative estimate of drug-likeness (QED) is 0.0910. The van der Waals surface area contributed by atoms with Crippen LogP contribution in [-0.2, 0) is 28.8 Å². The molecular weight excluding hydrogens is 474 g/mol. The summed E-state index contributed by atoms with van der Waals surface area (Å²) in [6.07, 6.45) is 1.24. The highest BCUT2D eigenvalue weighted by molar-refractivity contribution is 7.98. The van der Waals surface area contributed by atoms with E-state index >= 15 is 0 Å². The number of rotatable bonds is 18. The zero-order chi connectivity index (χ0) is 26.3. The van der Waals surface area contributed by atoms with Crippen molar-refractivity contribution in [3.8, 4) is 0 Å². The maximum Gasteiger partial charge on any atom is 0.326 e. The Labute approximate surface area is 200 Å². The molecule has 0 aromatic carbocycles. The first-order valence-electron chi connectivity index (χ1n) is 10.4. The second kappa shape index (κ2) is 16.7. The molecule has 0 radical (unpaired) electrons. The van der Waals surface area contributed by atoms with E-state index in [0.717, 1.165) is 0 Å². The number of hydrogen-bond donors (Lipinski definition) is 8. The normalized spacial score (nSPS) is 14.2. The molecule has 0 fully saturated rings. The molecule has 0 aliphatic heterocycles. The van der Waals surface area contributed by atoms with Crippen LogP contribution < -0.4 is 27.4 Å². The highest BCUT2D eigenvalue weighted by Crippen LogP contribution is 2.06. The van der Waals surface area contributed by atoms with Crippen LogP contribution in [0, 0.1) is 0 Å². The van der Waals surface area contributed by atoms with E-state index in [1.54, 1.807) is 6.26 Å². The molecule has 0 heterocycles. The fraction of sp³-hybridized carbons (Fsp3) is 0.684. The smallest absolute Gasteiger partial charge is 0.326 e. The molecular formula is C19H33N5O9S. The van der Waals surface area contributed by atoms with Gasteiger partial charge in [0.05, 0.1) is 18.9 Å². The van der Waals surface area contributed by atoms with E-state index in [9.17, 15) is 33.9 Å². The Hall–Kier alpha value is -2.91. The van der Waals surface area contributed by atoms with Gasteiger partial charge in [-0.1, -0.05) is 0 Å². The minimum atomic E-state index is -1.62. The van der Waals surface area contributed by atoms with Gasteiger partial charge in [-0.2, -0.15) is 11.8 Å². The molecule has 14 nitrogen and oxygen atoms in total. The zero-order valence-electron chi connectivity index (χ0n) is 18.8. The molecule has 0 aromatic rings. The van der Waals surface area contributed by atoms with Crippen LogP contribution in [-0.4, -0.2) is 93.7 Å². The van der Waals surface area contributed by atoms with Gasteiger partial charge in [-0.05, 0) is 44.2 Å². The summed E-state index contributed by atoms with van der Waals surface area (Å²) in [4.78, 5) is 71.0. The van der Waals surface area contributed by atoms with Gasteiger partial charge in [0, 0.05) is 0 Å². The molecule has 4 atom stereocenters. The Kier molecular flexibility index (Phi) is 15.2. The number of aliphatic carboxylic acids is 3. The lowest BCUT2D eigenvalue weighted by atomic mass is 10.1.